The van der Waals surface area contributed by atoms with Gasteiger partial charge in [-0.25, -0.2) is 0 Å². The van der Waals surface area contributed by atoms with Gasteiger partial charge in [0.25, 0.3) is 5.69 Å². The van der Waals surface area contributed by atoms with E-state index in [0.717, 1.165) is 5.56 Å². The van der Waals surface area contributed by atoms with Crippen LogP contribution in [0.5, 0.6) is 5.75 Å². The lowest BCUT2D eigenvalue weighted by molar-refractivity contribution is -0.384. The predicted molar refractivity (Wildman–Crippen MR) is 91.7 cm³/mol. The molecule has 0 radical (unpaired) electrons. The highest BCUT2D eigenvalue weighted by atomic mass is 35.5. The van der Waals surface area contributed by atoms with E-state index in [2.05, 4.69) is 15.5 Å². The summed E-state index contributed by atoms with van der Waals surface area (Å²) in [6, 6.07) is 11.3. The maximum atomic E-state index is 10.9. The van der Waals surface area contributed by atoms with Crippen LogP contribution in [0.4, 0.5) is 11.4 Å². The molecule has 25 heavy (non-hydrogen) atoms. The molecule has 8 nitrogen and oxygen atoms in total. The monoisotopic (exact) mass is 360 g/mol. The van der Waals surface area contributed by atoms with Gasteiger partial charge in [0, 0.05) is 22.7 Å². The van der Waals surface area contributed by atoms with Gasteiger partial charge in [0.1, 0.15) is 5.75 Å². The average molecular weight is 361 g/mol. The van der Waals surface area contributed by atoms with Crippen molar-refractivity contribution < 1.29 is 14.2 Å². The maximum absolute atomic E-state index is 10.9. The first-order chi connectivity index (χ1) is 12.1. The van der Waals surface area contributed by atoms with Gasteiger partial charge in [0.15, 0.2) is 0 Å². The molecule has 0 unspecified atom stereocenters. The van der Waals surface area contributed by atoms with Gasteiger partial charge in [0.05, 0.1) is 24.3 Å². The molecular formula is C16H13ClN4O4. The molecule has 0 saturated heterocycles. The Morgan fingerprint density at radius 3 is 2.72 bits per heavy atom. The normalized spacial score (nSPS) is 10.5. The molecular weight excluding hydrogens is 348 g/mol. The first-order valence-electron chi connectivity index (χ1n) is 7.21. The van der Waals surface area contributed by atoms with Gasteiger partial charge >= 0.3 is 0 Å². The SMILES string of the molecule is COc1ccc([N+](=O)[O-])cc1NCc1nc(-c2ccc(Cl)cc2)no1. The smallest absolute Gasteiger partial charge is 0.271 e. The number of ether oxygens (including phenoxy) is 1. The van der Waals surface area contributed by atoms with Crippen LogP contribution in [0.25, 0.3) is 11.4 Å². The van der Waals surface area contributed by atoms with E-state index in [-0.39, 0.29) is 12.2 Å². The summed E-state index contributed by atoms with van der Waals surface area (Å²) in [6.45, 7) is 0.193. The van der Waals surface area contributed by atoms with E-state index >= 15 is 0 Å². The molecule has 9 heteroatoms. The van der Waals surface area contributed by atoms with Crippen molar-refractivity contribution in [1.29, 1.82) is 0 Å². The minimum absolute atomic E-state index is 0.0457. The van der Waals surface area contributed by atoms with Gasteiger partial charge in [-0.3, -0.25) is 10.1 Å². The van der Waals surface area contributed by atoms with Crippen molar-refractivity contribution in [2.45, 2.75) is 6.54 Å². The molecule has 1 aromatic heterocycles. The molecule has 128 valence electrons. The fourth-order valence-electron chi connectivity index (χ4n) is 2.16. The first-order valence-corrected chi connectivity index (χ1v) is 7.59. The Morgan fingerprint density at radius 1 is 1.28 bits per heavy atom. The number of aromatic nitrogens is 2. The summed E-state index contributed by atoms with van der Waals surface area (Å²) in [6.07, 6.45) is 0. The summed E-state index contributed by atoms with van der Waals surface area (Å²) in [5.41, 5.74) is 1.19. The number of non-ortho nitro benzene ring substituents is 1. The predicted octanol–water partition coefficient (Wildman–Crippen LogP) is 3.92. The summed E-state index contributed by atoms with van der Waals surface area (Å²) in [5.74, 6) is 1.24. The molecule has 0 amide bonds. The van der Waals surface area contributed by atoms with E-state index in [0.29, 0.717) is 28.2 Å². The number of halogens is 1. The summed E-state index contributed by atoms with van der Waals surface area (Å²) in [4.78, 5) is 14.7. The Morgan fingerprint density at radius 2 is 2.04 bits per heavy atom. The second kappa shape index (κ2) is 7.18. The zero-order valence-electron chi connectivity index (χ0n) is 13.1. The van der Waals surface area contributed by atoms with Gasteiger partial charge in [-0.2, -0.15) is 4.98 Å². The van der Waals surface area contributed by atoms with Gasteiger partial charge in [-0.1, -0.05) is 16.8 Å². The van der Waals surface area contributed by atoms with Crippen LogP contribution >= 0.6 is 11.6 Å². The molecule has 1 heterocycles. The van der Waals surface area contributed by atoms with Gasteiger partial charge in [-0.05, 0) is 30.3 Å². The van der Waals surface area contributed by atoms with E-state index in [4.69, 9.17) is 20.9 Å². The molecule has 2 aromatic carbocycles. The Hall–Kier alpha value is -3.13. The van der Waals surface area contributed by atoms with Gasteiger partial charge in [0.2, 0.25) is 11.7 Å². The zero-order chi connectivity index (χ0) is 17.8. The Bertz CT molecular complexity index is 895. The van der Waals surface area contributed by atoms with Crippen LogP contribution in [-0.4, -0.2) is 22.2 Å². The fourth-order valence-corrected chi connectivity index (χ4v) is 2.29. The third-order valence-corrected chi connectivity index (χ3v) is 3.65. The molecule has 0 atom stereocenters. The number of hydrogen-bond donors (Lipinski definition) is 1. The van der Waals surface area contributed by atoms with E-state index in [1.807, 2.05) is 0 Å². The lowest BCUT2D eigenvalue weighted by Crippen LogP contribution is -2.02. The Labute approximate surface area is 147 Å². The topological polar surface area (TPSA) is 103 Å². The van der Waals surface area contributed by atoms with Crippen LogP contribution in [0.3, 0.4) is 0 Å². The largest absolute Gasteiger partial charge is 0.495 e. The number of nitro benzene ring substituents is 1. The third-order valence-electron chi connectivity index (χ3n) is 3.39. The molecule has 0 bridgehead atoms. The highest BCUT2D eigenvalue weighted by Gasteiger charge is 2.13. The summed E-state index contributed by atoms with van der Waals surface area (Å²) in [7, 11) is 1.48. The third kappa shape index (κ3) is 3.86. The van der Waals surface area contributed by atoms with E-state index < -0.39 is 4.92 Å². The fraction of sp³-hybridized carbons (Fsp3) is 0.125. The van der Waals surface area contributed by atoms with Crippen molar-refractivity contribution in [3.63, 3.8) is 0 Å². The maximum Gasteiger partial charge on any atom is 0.271 e. The van der Waals surface area contributed by atoms with Crippen molar-refractivity contribution in [2.75, 3.05) is 12.4 Å². The number of hydrogen-bond acceptors (Lipinski definition) is 7. The molecule has 3 rings (SSSR count). The molecule has 3 aromatic rings. The minimum Gasteiger partial charge on any atom is -0.495 e. The molecule has 0 aliphatic carbocycles. The number of benzene rings is 2. The number of methoxy groups -OCH3 is 1. The highest BCUT2D eigenvalue weighted by Crippen LogP contribution is 2.29. The zero-order valence-corrected chi connectivity index (χ0v) is 13.9. The first kappa shape index (κ1) is 16.7. The molecule has 0 spiro atoms. The van der Waals surface area contributed by atoms with Crippen molar-refractivity contribution in [3.05, 3.63) is 63.5 Å². The van der Waals surface area contributed by atoms with Crippen LogP contribution in [0.2, 0.25) is 5.02 Å². The number of anilines is 1. The van der Waals surface area contributed by atoms with Crippen LogP contribution in [0, 0.1) is 10.1 Å². The summed E-state index contributed by atoms with van der Waals surface area (Å²) >= 11 is 5.85. The lowest BCUT2D eigenvalue weighted by atomic mass is 10.2. The second-order valence-electron chi connectivity index (χ2n) is 5.01. The van der Waals surface area contributed by atoms with Crippen LogP contribution in [0.1, 0.15) is 5.89 Å². The number of nitrogens with one attached hydrogen (secondary N) is 1. The second-order valence-corrected chi connectivity index (χ2v) is 5.45. The van der Waals surface area contributed by atoms with Crippen LogP contribution in [0.15, 0.2) is 47.0 Å². The average Bonchev–Trinajstić information content (AvgIpc) is 3.09. The van der Waals surface area contributed by atoms with Gasteiger partial charge in [-0.15, -0.1) is 0 Å². The van der Waals surface area contributed by atoms with E-state index in [9.17, 15) is 10.1 Å². The number of nitrogens with zero attached hydrogens (tertiary/aromatic N) is 3. The standard InChI is InChI=1S/C16H13ClN4O4/c1-24-14-7-6-12(21(22)23)8-13(14)18-9-15-19-16(20-25-15)10-2-4-11(17)5-3-10/h2-8,18H,9H2,1H3. The van der Waals surface area contributed by atoms with E-state index in [1.54, 1.807) is 24.3 Å². The van der Waals surface area contributed by atoms with Crippen molar-refractivity contribution in [3.8, 4) is 17.1 Å². The molecule has 0 fully saturated rings. The Balaban J connectivity index is 1.75. The molecule has 0 saturated carbocycles. The van der Waals surface area contributed by atoms with Crippen molar-refractivity contribution >= 4 is 23.0 Å². The molecule has 0 aliphatic rings. The van der Waals surface area contributed by atoms with Gasteiger partial charge < -0.3 is 14.6 Å². The number of rotatable bonds is 6. The van der Waals surface area contributed by atoms with Crippen molar-refractivity contribution in [2.24, 2.45) is 0 Å². The summed E-state index contributed by atoms with van der Waals surface area (Å²) in [5, 5.41) is 18.4. The van der Waals surface area contributed by atoms with Crippen molar-refractivity contribution in [1.82, 2.24) is 10.1 Å². The van der Waals surface area contributed by atoms with Crippen LogP contribution in [-0.2, 0) is 6.54 Å². The lowest BCUT2D eigenvalue weighted by Gasteiger charge is -2.09. The molecule has 1 N–H and O–H groups in total. The Kier molecular flexibility index (Phi) is 4.80. The molecule has 0 aliphatic heterocycles. The number of nitro groups is 1. The highest BCUT2D eigenvalue weighted by molar-refractivity contribution is 6.30. The summed E-state index contributed by atoms with van der Waals surface area (Å²) < 4.78 is 10.4. The van der Waals surface area contributed by atoms with E-state index in [1.165, 1.54) is 25.3 Å². The minimum atomic E-state index is -0.476. The quantitative estimate of drug-likeness (QED) is 0.524. The van der Waals surface area contributed by atoms with Crippen LogP contribution < -0.4 is 10.1 Å².